The molecular formula is C25H24FNO5S. The van der Waals surface area contributed by atoms with Crippen LogP contribution in [0, 0.1) is 5.82 Å². The Morgan fingerprint density at radius 3 is 2.55 bits per heavy atom. The summed E-state index contributed by atoms with van der Waals surface area (Å²) in [4.78, 5) is 37.3. The number of ether oxygens (including phenoxy) is 2. The Balaban J connectivity index is 2.21. The molecule has 0 atom stereocenters. The number of carbonyl (C=O) groups is 2. The number of ketones is 1. The number of hydrogen-bond donors (Lipinski definition) is 0. The van der Waals surface area contributed by atoms with E-state index in [1.54, 1.807) is 43.3 Å². The summed E-state index contributed by atoms with van der Waals surface area (Å²) >= 11 is 1.06. The molecule has 8 heteroatoms. The van der Waals surface area contributed by atoms with Crippen LogP contribution in [0.3, 0.4) is 0 Å². The van der Waals surface area contributed by atoms with Crippen LogP contribution in [-0.2, 0) is 16.1 Å². The van der Waals surface area contributed by atoms with Crippen LogP contribution in [0.2, 0.25) is 0 Å². The zero-order chi connectivity index (χ0) is 24.0. The summed E-state index contributed by atoms with van der Waals surface area (Å²) in [5, 5.41) is 0. The zero-order valence-electron chi connectivity index (χ0n) is 18.6. The molecule has 0 spiro atoms. The molecule has 0 N–H and O–H groups in total. The minimum absolute atomic E-state index is 0.0577. The summed E-state index contributed by atoms with van der Waals surface area (Å²) in [6.07, 6.45) is 2.69. The number of nitrogens with zero attached hydrogens (tertiary/aromatic N) is 1. The van der Waals surface area contributed by atoms with Crippen molar-refractivity contribution in [3.8, 4) is 5.75 Å². The molecule has 1 heterocycles. The van der Waals surface area contributed by atoms with Gasteiger partial charge in [-0.1, -0.05) is 18.2 Å². The molecule has 0 saturated heterocycles. The van der Waals surface area contributed by atoms with E-state index in [9.17, 15) is 18.8 Å². The summed E-state index contributed by atoms with van der Waals surface area (Å²) in [5.41, 5.74) is 0.958. The van der Waals surface area contributed by atoms with Gasteiger partial charge in [-0.15, -0.1) is 11.3 Å². The minimum Gasteiger partial charge on any atom is -0.494 e. The maximum atomic E-state index is 14.2. The van der Waals surface area contributed by atoms with Gasteiger partial charge in [0.15, 0.2) is 5.78 Å². The quantitative estimate of drug-likeness (QED) is 0.375. The average molecular weight is 470 g/mol. The molecule has 0 aliphatic carbocycles. The van der Waals surface area contributed by atoms with Crippen molar-refractivity contribution >= 4 is 35.2 Å². The molecule has 0 saturated carbocycles. The fraction of sp³-hybridized carbons (Fsp3) is 0.240. The van der Waals surface area contributed by atoms with E-state index in [2.05, 4.69) is 0 Å². The maximum absolute atomic E-state index is 14.2. The Bertz CT molecular complexity index is 1360. The second kappa shape index (κ2) is 10.9. The van der Waals surface area contributed by atoms with Crippen molar-refractivity contribution in [2.75, 3.05) is 13.2 Å². The molecule has 0 fully saturated rings. The first kappa shape index (κ1) is 24.1. The predicted octanol–water partition coefficient (Wildman–Crippen LogP) is 2.87. The summed E-state index contributed by atoms with van der Waals surface area (Å²) in [6.45, 7) is 5.63. The number of Topliss-reactive ketones (excluding diaryl/α,β-unsaturated/α-hetero) is 1. The van der Waals surface area contributed by atoms with Crippen molar-refractivity contribution in [2.45, 2.75) is 27.3 Å². The molecule has 2 aromatic carbocycles. The van der Waals surface area contributed by atoms with Gasteiger partial charge in [-0.05, 0) is 51.1 Å². The Morgan fingerprint density at radius 2 is 1.88 bits per heavy atom. The van der Waals surface area contributed by atoms with E-state index in [0.29, 0.717) is 28.1 Å². The average Bonchev–Trinajstić information content (AvgIpc) is 3.05. The lowest BCUT2D eigenvalue weighted by atomic mass is 10.1. The second-order valence-corrected chi connectivity index (χ2v) is 8.13. The van der Waals surface area contributed by atoms with Crippen LogP contribution in [0.25, 0.3) is 12.2 Å². The smallest absolute Gasteiger partial charge is 0.333 e. The zero-order valence-corrected chi connectivity index (χ0v) is 19.4. The van der Waals surface area contributed by atoms with Crippen molar-refractivity contribution in [3.63, 3.8) is 0 Å². The number of halogens is 1. The molecule has 6 nitrogen and oxygen atoms in total. The largest absolute Gasteiger partial charge is 0.494 e. The van der Waals surface area contributed by atoms with Gasteiger partial charge in [0.25, 0.3) is 5.56 Å². The second-order valence-electron chi connectivity index (χ2n) is 7.07. The molecule has 1 aromatic heterocycles. The molecule has 0 radical (unpaired) electrons. The van der Waals surface area contributed by atoms with E-state index in [4.69, 9.17) is 9.47 Å². The van der Waals surface area contributed by atoms with Gasteiger partial charge >= 0.3 is 5.97 Å². The SMILES string of the molecule is CCOC(=O)/C=c1\s/c(=C\c2ccccc2F)c(=O)n1Cc1cc(C(C)=O)ccc1OCC. The van der Waals surface area contributed by atoms with Crippen LogP contribution < -0.4 is 19.5 Å². The molecule has 3 rings (SSSR count). The van der Waals surface area contributed by atoms with E-state index in [-0.39, 0.29) is 29.0 Å². The number of thiazole rings is 1. The summed E-state index contributed by atoms with van der Waals surface area (Å²) < 4.78 is 26.9. The van der Waals surface area contributed by atoms with E-state index in [0.717, 1.165) is 11.3 Å². The first-order valence-electron chi connectivity index (χ1n) is 10.4. The van der Waals surface area contributed by atoms with Crippen LogP contribution in [0.1, 0.15) is 42.3 Å². The third-order valence-electron chi connectivity index (χ3n) is 4.75. The van der Waals surface area contributed by atoms with Crippen molar-refractivity contribution in [3.05, 3.63) is 84.5 Å². The van der Waals surface area contributed by atoms with Gasteiger partial charge in [0.1, 0.15) is 16.2 Å². The maximum Gasteiger partial charge on any atom is 0.333 e. The lowest BCUT2D eigenvalue weighted by Gasteiger charge is -2.12. The van der Waals surface area contributed by atoms with Gasteiger partial charge < -0.3 is 9.47 Å². The van der Waals surface area contributed by atoms with Gasteiger partial charge in [-0.2, -0.15) is 0 Å². The monoisotopic (exact) mass is 469 g/mol. The highest BCUT2D eigenvalue weighted by molar-refractivity contribution is 7.07. The minimum atomic E-state index is -0.590. The Morgan fingerprint density at radius 1 is 1.12 bits per heavy atom. The molecule has 0 aliphatic rings. The summed E-state index contributed by atoms with van der Waals surface area (Å²) in [7, 11) is 0. The number of benzene rings is 2. The number of hydrogen-bond acceptors (Lipinski definition) is 6. The number of esters is 1. The van der Waals surface area contributed by atoms with Crippen molar-refractivity contribution in [2.24, 2.45) is 0 Å². The molecule has 0 amide bonds. The standard InChI is InChI=1S/C25H24FNO5S/c1-4-31-21-11-10-17(16(3)28)12-19(21)15-27-23(14-24(29)32-5-2)33-22(25(27)30)13-18-8-6-7-9-20(18)26/h6-14H,4-5,15H2,1-3H3/b22-13-,23-14-. The van der Waals surface area contributed by atoms with Crippen LogP contribution in [-0.4, -0.2) is 29.5 Å². The topological polar surface area (TPSA) is 74.6 Å². The van der Waals surface area contributed by atoms with Crippen LogP contribution >= 0.6 is 11.3 Å². The first-order chi connectivity index (χ1) is 15.8. The lowest BCUT2D eigenvalue weighted by molar-refractivity contribution is -0.135. The van der Waals surface area contributed by atoms with Gasteiger partial charge in [-0.3, -0.25) is 14.2 Å². The fourth-order valence-corrected chi connectivity index (χ4v) is 4.22. The Labute approximate surface area is 194 Å². The molecule has 33 heavy (non-hydrogen) atoms. The van der Waals surface area contributed by atoms with Crippen molar-refractivity contribution < 1.29 is 23.5 Å². The highest BCUT2D eigenvalue weighted by atomic mass is 32.1. The molecule has 172 valence electrons. The first-order valence-corrected chi connectivity index (χ1v) is 11.3. The van der Waals surface area contributed by atoms with Gasteiger partial charge in [0, 0.05) is 16.7 Å². The van der Waals surface area contributed by atoms with Crippen molar-refractivity contribution in [1.82, 2.24) is 4.57 Å². The molecule has 0 unspecified atom stereocenters. The van der Waals surface area contributed by atoms with Crippen LogP contribution in [0.4, 0.5) is 4.39 Å². The van der Waals surface area contributed by atoms with Gasteiger partial charge in [-0.25, -0.2) is 9.18 Å². The molecule has 0 aliphatic heterocycles. The highest BCUT2D eigenvalue weighted by Crippen LogP contribution is 2.21. The van der Waals surface area contributed by atoms with Gasteiger partial charge in [0.05, 0.1) is 30.4 Å². The van der Waals surface area contributed by atoms with Crippen LogP contribution in [0.5, 0.6) is 5.75 Å². The van der Waals surface area contributed by atoms with E-state index >= 15 is 0 Å². The molecular weight excluding hydrogens is 445 g/mol. The van der Waals surface area contributed by atoms with Crippen molar-refractivity contribution in [1.29, 1.82) is 0 Å². The fourth-order valence-electron chi connectivity index (χ4n) is 3.20. The summed E-state index contributed by atoms with van der Waals surface area (Å²) in [6, 6.07) is 11.1. The molecule has 0 bridgehead atoms. The third kappa shape index (κ3) is 5.84. The van der Waals surface area contributed by atoms with Gasteiger partial charge in [0.2, 0.25) is 0 Å². The normalized spacial score (nSPS) is 12.1. The third-order valence-corrected chi connectivity index (χ3v) is 5.81. The Hall–Kier alpha value is -3.52. The predicted molar refractivity (Wildman–Crippen MR) is 126 cm³/mol. The molecule has 3 aromatic rings. The number of rotatable bonds is 8. The number of carbonyl (C=O) groups excluding carboxylic acids is 2. The van der Waals surface area contributed by atoms with E-state index in [1.165, 1.54) is 29.7 Å². The van der Waals surface area contributed by atoms with E-state index in [1.807, 2.05) is 6.92 Å². The lowest BCUT2D eigenvalue weighted by Crippen LogP contribution is -2.32. The van der Waals surface area contributed by atoms with E-state index < -0.39 is 17.3 Å². The highest BCUT2D eigenvalue weighted by Gasteiger charge is 2.13. The number of aromatic nitrogens is 1. The summed E-state index contributed by atoms with van der Waals surface area (Å²) in [5.74, 6) is -0.640. The Kier molecular flexibility index (Phi) is 7.95. The van der Waals surface area contributed by atoms with Crippen LogP contribution in [0.15, 0.2) is 47.3 Å².